The molecule has 1 saturated carbocycles. The van der Waals surface area contributed by atoms with Crippen LogP contribution in [-0.4, -0.2) is 12.3 Å². The van der Waals surface area contributed by atoms with Crippen LogP contribution in [0.25, 0.3) is 0 Å². The smallest absolute Gasteiger partial charge is 0.140 e. The monoisotopic (exact) mass is 211 g/mol. The van der Waals surface area contributed by atoms with Gasteiger partial charge >= 0.3 is 0 Å². The van der Waals surface area contributed by atoms with Gasteiger partial charge in [0.05, 0.1) is 0 Å². The maximum atomic E-state index is 12.2. The Morgan fingerprint density at radius 1 is 1.27 bits per heavy atom. The van der Waals surface area contributed by atoms with Gasteiger partial charge in [0.15, 0.2) is 0 Å². The van der Waals surface area contributed by atoms with E-state index in [1.165, 1.54) is 19.3 Å². The first-order valence-corrected chi connectivity index (χ1v) is 6.39. The fraction of sp³-hybridized carbons (Fsp3) is 0.923. The van der Waals surface area contributed by atoms with E-state index < -0.39 is 0 Å². The average molecular weight is 211 g/mol. The Kier molecular flexibility index (Phi) is 5.30. The van der Waals surface area contributed by atoms with Gasteiger partial charge in [0.25, 0.3) is 0 Å². The molecule has 1 atom stereocenters. The van der Waals surface area contributed by atoms with Crippen LogP contribution in [0, 0.1) is 17.8 Å². The van der Waals surface area contributed by atoms with Crippen molar-refractivity contribution < 1.29 is 4.79 Å². The molecule has 0 aliphatic heterocycles. The van der Waals surface area contributed by atoms with Crippen LogP contribution in [0.2, 0.25) is 0 Å². The minimum absolute atomic E-state index is 0.119. The molecular weight excluding hydrogens is 186 g/mol. The number of Topliss-reactive ketones (excluding diaryl/α,β-unsaturated/α-hetero) is 1. The highest BCUT2D eigenvalue weighted by molar-refractivity contribution is 5.83. The van der Waals surface area contributed by atoms with Gasteiger partial charge in [-0.15, -0.1) is 0 Å². The van der Waals surface area contributed by atoms with Crippen LogP contribution in [0.3, 0.4) is 0 Å². The number of carbonyl (C=O) groups is 1. The Morgan fingerprint density at radius 3 is 2.33 bits per heavy atom. The largest absolute Gasteiger partial charge is 0.330 e. The van der Waals surface area contributed by atoms with E-state index in [0.29, 0.717) is 24.2 Å². The van der Waals surface area contributed by atoms with Crippen molar-refractivity contribution in [3.63, 3.8) is 0 Å². The fourth-order valence-corrected chi connectivity index (χ4v) is 2.62. The molecule has 0 spiro atoms. The van der Waals surface area contributed by atoms with E-state index in [1.807, 2.05) is 0 Å². The molecule has 1 aliphatic rings. The second-order valence-corrected chi connectivity index (χ2v) is 5.30. The van der Waals surface area contributed by atoms with Gasteiger partial charge in [-0.1, -0.05) is 33.1 Å². The van der Waals surface area contributed by atoms with Gasteiger partial charge in [-0.05, 0) is 25.2 Å². The molecule has 0 aromatic heterocycles. The lowest BCUT2D eigenvalue weighted by molar-refractivity contribution is -0.128. The van der Waals surface area contributed by atoms with E-state index in [4.69, 9.17) is 5.73 Å². The van der Waals surface area contributed by atoms with Crippen LogP contribution in [0.1, 0.15) is 52.4 Å². The average Bonchev–Trinajstić information content (AvgIpc) is 2.26. The quantitative estimate of drug-likeness (QED) is 0.760. The van der Waals surface area contributed by atoms with E-state index in [9.17, 15) is 4.79 Å². The lowest BCUT2D eigenvalue weighted by Crippen LogP contribution is -2.31. The van der Waals surface area contributed by atoms with Gasteiger partial charge < -0.3 is 5.73 Å². The Balaban J connectivity index is 2.47. The van der Waals surface area contributed by atoms with Gasteiger partial charge in [0, 0.05) is 18.4 Å². The van der Waals surface area contributed by atoms with E-state index in [1.54, 1.807) is 0 Å². The lowest BCUT2D eigenvalue weighted by Gasteiger charge is -2.25. The molecule has 0 amide bonds. The Labute approximate surface area is 93.6 Å². The summed E-state index contributed by atoms with van der Waals surface area (Å²) in [5.74, 6) is 1.47. The van der Waals surface area contributed by atoms with Gasteiger partial charge in [-0.2, -0.15) is 0 Å². The molecule has 0 heterocycles. The third-order valence-corrected chi connectivity index (χ3v) is 3.45. The van der Waals surface area contributed by atoms with Crippen molar-refractivity contribution in [2.24, 2.45) is 23.5 Å². The summed E-state index contributed by atoms with van der Waals surface area (Å²) >= 11 is 0. The highest BCUT2D eigenvalue weighted by Crippen LogP contribution is 2.28. The molecule has 1 fully saturated rings. The molecule has 0 saturated heterocycles. The van der Waals surface area contributed by atoms with E-state index in [-0.39, 0.29) is 5.92 Å². The van der Waals surface area contributed by atoms with E-state index >= 15 is 0 Å². The molecule has 1 aliphatic carbocycles. The summed E-state index contributed by atoms with van der Waals surface area (Å²) in [6.45, 7) is 4.86. The molecule has 88 valence electrons. The van der Waals surface area contributed by atoms with Crippen LogP contribution in [0.15, 0.2) is 0 Å². The first-order chi connectivity index (χ1) is 7.15. The lowest BCUT2D eigenvalue weighted by atomic mass is 9.79. The molecular formula is C13H25NO. The van der Waals surface area contributed by atoms with Crippen molar-refractivity contribution in [2.75, 3.05) is 6.54 Å². The second kappa shape index (κ2) is 6.26. The maximum Gasteiger partial charge on any atom is 0.140 e. The molecule has 1 rings (SSSR count). The van der Waals surface area contributed by atoms with Crippen molar-refractivity contribution in [3.05, 3.63) is 0 Å². The minimum atomic E-state index is 0.119. The number of hydrogen-bond acceptors (Lipinski definition) is 2. The SMILES string of the molecule is CC(C)CC(CN)C(=O)C1CCCCC1. The summed E-state index contributed by atoms with van der Waals surface area (Å²) in [4.78, 5) is 12.2. The molecule has 0 aromatic carbocycles. The van der Waals surface area contributed by atoms with Crippen LogP contribution in [-0.2, 0) is 4.79 Å². The topological polar surface area (TPSA) is 43.1 Å². The van der Waals surface area contributed by atoms with E-state index in [0.717, 1.165) is 19.3 Å². The summed E-state index contributed by atoms with van der Waals surface area (Å²) in [5.41, 5.74) is 5.71. The molecule has 0 aromatic rings. The zero-order chi connectivity index (χ0) is 11.3. The van der Waals surface area contributed by atoms with E-state index in [2.05, 4.69) is 13.8 Å². The van der Waals surface area contributed by atoms with Gasteiger partial charge in [-0.25, -0.2) is 0 Å². The van der Waals surface area contributed by atoms with Gasteiger partial charge in [-0.3, -0.25) is 4.79 Å². The Morgan fingerprint density at radius 2 is 1.87 bits per heavy atom. The predicted octanol–water partition coefficient (Wildman–Crippen LogP) is 2.76. The number of ketones is 1. The number of hydrogen-bond donors (Lipinski definition) is 1. The molecule has 2 nitrogen and oxygen atoms in total. The molecule has 0 bridgehead atoms. The number of nitrogens with two attached hydrogens (primary N) is 1. The van der Waals surface area contributed by atoms with Crippen LogP contribution < -0.4 is 5.73 Å². The normalized spacial score (nSPS) is 20.5. The second-order valence-electron chi connectivity index (χ2n) is 5.30. The first kappa shape index (κ1) is 12.7. The molecule has 2 heteroatoms. The van der Waals surface area contributed by atoms with Crippen molar-refractivity contribution in [1.82, 2.24) is 0 Å². The number of rotatable bonds is 5. The predicted molar refractivity (Wildman–Crippen MR) is 63.6 cm³/mol. The van der Waals surface area contributed by atoms with Crippen molar-refractivity contribution in [3.8, 4) is 0 Å². The third-order valence-electron chi connectivity index (χ3n) is 3.45. The molecule has 0 radical (unpaired) electrons. The van der Waals surface area contributed by atoms with Crippen molar-refractivity contribution in [1.29, 1.82) is 0 Å². The highest BCUT2D eigenvalue weighted by Gasteiger charge is 2.27. The minimum Gasteiger partial charge on any atom is -0.330 e. The van der Waals surface area contributed by atoms with Crippen molar-refractivity contribution in [2.45, 2.75) is 52.4 Å². The number of carbonyl (C=O) groups excluding carboxylic acids is 1. The maximum absolute atomic E-state index is 12.2. The zero-order valence-electron chi connectivity index (χ0n) is 10.2. The molecule has 15 heavy (non-hydrogen) atoms. The fourth-order valence-electron chi connectivity index (χ4n) is 2.62. The van der Waals surface area contributed by atoms with Gasteiger partial charge in [0.2, 0.25) is 0 Å². The summed E-state index contributed by atoms with van der Waals surface area (Å²) < 4.78 is 0. The third kappa shape index (κ3) is 3.94. The van der Waals surface area contributed by atoms with Crippen LogP contribution in [0.5, 0.6) is 0 Å². The van der Waals surface area contributed by atoms with Crippen molar-refractivity contribution >= 4 is 5.78 Å². The summed E-state index contributed by atoms with van der Waals surface area (Å²) in [5, 5.41) is 0. The molecule has 1 unspecified atom stereocenters. The van der Waals surface area contributed by atoms with Gasteiger partial charge in [0.1, 0.15) is 5.78 Å². The highest BCUT2D eigenvalue weighted by atomic mass is 16.1. The summed E-state index contributed by atoms with van der Waals surface area (Å²) in [7, 11) is 0. The van der Waals surface area contributed by atoms with Crippen LogP contribution in [0.4, 0.5) is 0 Å². The van der Waals surface area contributed by atoms with Crippen LogP contribution >= 0.6 is 0 Å². The summed E-state index contributed by atoms with van der Waals surface area (Å²) in [6.07, 6.45) is 6.94. The Bertz CT molecular complexity index is 195. The Hall–Kier alpha value is -0.370. The zero-order valence-corrected chi connectivity index (χ0v) is 10.2. The molecule has 2 N–H and O–H groups in total. The standard InChI is InChI=1S/C13H25NO/c1-10(2)8-12(9-14)13(15)11-6-4-3-5-7-11/h10-12H,3-9,14H2,1-2H3. The summed E-state index contributed by atoms with van der Waals surface area (Å²) in [6, 6.07) is 0. The first-order valence-electron chi connectivity index (χ1n) is 6.39.